The Hall–Kier alpha value is -2.04. The molecular formula is C19H29NO4. The van der Waals surface area contributed by atoms with Crippen molar-refractivity contribution in [3.63, 3.8) is 0 Å². The molecule has 0 N–H and O–H groups in total. The number of benzene rings is 1. The van der Waals surface area contributed by atoms with E-state index in [4.69, 9.17) is 9.47 Å². The van der Waals surface area contributed by atoms with Crippen LogP contribution in [-0.4, -0.2) is 36.7 Å². The minimum atomic E-state index is -1.09. The summed E-state index contributed by atoms with van der Waals surface area (Å²) in [6, 6.07) is 8.33. The second kappa shape index (κ2) is 9.96. The Kier molecular flexibility index (Phi) is 8.30. The van der Waals surface area contributed by atoms with Gasteiger partial charge in [-0.1, -0.05) is 31.5 Å². The molecule has 0 aliphatic rings. The van der Waals surface area contributed by atoms with Crippen LogP contribution in [0.2, 0.25) is 0 Å². The molecule has 0 spiro atoms. The van der Waals surface area contributed by atoms with Crippen molar-refractivity contribution in [2.45, 2.75) is 65.7 Å². The number of nitrogens with zero attached hydrogens (tertiary/aromatic N) is 1. The van der Waals surface area contributed by atoms with Crippen molar-refractivity contribution in [2.75, 3.05) is 11.4 Å². The van der Waals surface area contributed by atoms with Crippen molar-refractivity contribution >= 4 is 17.6 Å². The molecule has 0 unspecified atom stereocenters. The zero-order chi connectivity index (χ0) is 18.1. The van der Waals surface area contributed by atoms with E-state index in [0.29, 0.717) is 6.54 Å². The molecule has 1 rings (SSSR count). The van der Waals surface area contributed by atoms with Gasteiger partial charge in [0.25, 0.3) is 0 Å². The molecule has 134 valence electrons. The van der Waals surface area contributed by atoms with Gasteiger partial charge in [0.05, 0.1) is 12.2 Å². The Morgan fingerprint density at radius 2 is 1.46 bits per heavy atom. The van der Waals surface area contributed by atoms with Crippen molar-refractivity contribution in [3.8, 4) is 0 Å². The van der Waals surface area contributed by atoms with E-state index in [9.17, 15) is 9.59 Å². The van der Waals surface area contributed by atoms with Crippen molar-refractivity contribution in [1.29, 1.82) is 0 Å². The summed E-state index contributed by atoms with van der Waals surface area (Å²) in [6.07, 6.45) is 1.22. The highest BCUT2D eigenvalue weighted by molar-refractivity contribution is 6.02. The van der Waals surface area contributed by atoms with Crippen molar-refractivity contribution in [1.82, 2.24) is 0 Å². The molecule has 0 saturated carbocycles. The third-order valence-corrected chi connectivity index (χ3v) is 3.30. The molecule has 1 aromatic carbocycles. The van der Waals surface area contributed by atoms with Crippen LogP contribution in [0, 0.1) is 0 Å². The Labute approximate surface area is 144 Å². The molecule has 24 heavy (non-hydrogen) atoms. The predicted octanol–water partition coefficient (Wildman–Crippen LogP) is 3.56. The summed E-state index contributed by atoms with van der Waals surface area (Å²) in [7, 11) is 0. The van der Waals surface area contributed by atoms with E-state index in [0.717, 1.165) is 18.5 Å². The van der Waals surface area contributed by atoms with Crippen LogP contribution in [0.3, 0.4) is 0 Å². The number of rotatable bonds is 9. The van der Waals surface area contributed by atoms with Crippen molar-refractivity contribution in [2.24, 2.45) is 0 Å². The number of carbonyl (C=O) groups is 2. The number of anilines is 1. The molecule has 0 aliphatic heterocycles. The molecule has 0 heterocycles. The van der Waals surface area contributed by atoms with Gasteiger partial charge < -0.3 is 14.4 Å². The summed E-state index contributed by atoms with van der Waals surface area (Å²) in [5.41, 5.74) is 0.803. The zero-order valence-corrected chi connectivity index (χ0v) is 15.3. The summed E-state index contributed by atoms with van der Waals surface area (Å²) in [5, 5.41) is 0. The minimum absolute atomic E-state index is 0.296. The van der Waals surface area contributed by atoms with E-state index in [1.54, 1.807) is 32.6 Å². The molecule has 0 atom stereocenters. The van der Waals surface area contributed by atoms with Gasteiger partial charge in [0.1, 0.15) is 0 Å². The van der Waals surface area contributed by atoms with Gasteiger partial charge in [-0.15, -0.1) is 0 Å². The Morgan fingerprint density at radius 1 is 0.958 bits per heavy atom. The monoisotopic (exact) mass is 335 g/mol. The molecule has 5 nitrogen and oxygen atoms in total. The van der Waals surface area contributed by atoms with E-state index in [1.165, 1.54) is 0 Å². The number of ether oxygens (including phenoxy) is 2. The van der Waals surface area contributed by atoms with Gasteiger partial charge in [0.15, 0.2) is 0 Å². The van der Waals surface area contributed by atoms with E-state index in [1.807, 2.05) is 30.3 Å². The zero-order valence-electron chi connectivity index (χ0n) is 15.3. The number of carbonyl (C=O) groups excluding carboxylic acids is 2. The molecule has 0 aliphatic carbocycles. The first kappa shape index (κ1) is 20.0. The molecule has 0 bridgehead atoms. The Morgan fingerprint density at radius 3 is 1.88 bits per heavy atom. The van der Waals surface area contributed by atoms with Crippen LogP contribution in [-0.2, 0) is 19.1 Å². The number of para-hydroxylation sites is 1. The topological polar surface area (TPSA) is 55.8 Å². The number of hydrogen-bond acceptors (Lipinski definition) is 5. The predicted molar refractivity (Wildman–Crippen MR) is 94.9 cm³/mol. The molecule has 1 aromatic rings. The molecule has 0 amide bonds. The first-order chi connectivity index (χ1) is 11.4. The fourth-order valence-electron chi connectivity index (χ4n) is 2.30. The fraction of sp³-hybridized carbons (Fsp3) is 0.579. The lowest BCUT2D eigenvalue weighted by atomic mass is 10.1. The lowest BCUT2D eigenvalue weighted by Gasteiger charge is -2.31. The average molecular weight is 335 g/mol. The van der Waals surface area contributed by atoms with Crippen LogP contribution >= 0.6 is 0 Å². The second-order valence-corrected chi connectivity index (χ2v) is 6.26. The van der Waals surface area contributed by atoms with Crippen LogP contribution < -0.4 is 4.90 Å². The first-order valence-electron chi connectivity index (χ1n) is 8.59. The molecule has 5 heteroatoms. The molecule has 0 saturated heterocycles. The number of unbranched alkanes of at least 4 members (excludes halogenated alkanes) is 1. The lowest BCUT2D eigenvalue weighted by molar-refractivity contribution is -0.161. The van der Waals surface area contributed by atoms with E-state index in [-0.39, 0.29) is 12.2 Å². The molecule has 0 fully saturated rings. The van der Waals surface area contributed by atoms with Crippen LogP contribution in [0.5, 0.6) is 0 Å². The summed E-state index contributed by atoms with van der Waals surface area (Å²) in [4.78, 5) is 27.0. The van der Waals surface area contributed by atoms with Crippen LogP contribution in [0.15, 0.2) is 30.3 Å². The van der Waals surface area contributed by atoms with E-state index >= 15 is 0 Å². The molecule has 0 radical (unpaired) electrons. The Balaban J connectivity index is 3.17. The number of hydrogen-bond donors (Lipinski definition) is 0. The summed E-state index contributed by atoms with van der Waals surface area (Å²) in [6.45, 7) is 9.70. The average Bonchev–Trinajstić information content (AvgIpc) is 2.50. The highest BCUT2D eigenvalue weighted by Crippen LogP contribution is 2.20. The Bertz CT molecular complexity index is 491. The van der Waals surface area contributed by atoms with Gasteiger partial charge in [0.2, 0.25) is 6.04 Å². The largest absolute Gasteiger partial charge is 0.461 e. The lowest BCUT2D eigenvalue weighted by Crippen LogP contribution is -2.50. The summed E-state index contributed by atoms with van der Waals surface area (Å²) >= 11 is 0. The summed E-state index contributed by atoms with van der Waals surface area (Å²) in [5.74, 6) is -1.15. The third kappa shape index (κ3) is 6.22. The maximum atomic E-state index is 12.6. The SMILES string of the molecule is CCCCN(c1ccccc1)C(C(=O)OC(C)C)C(=O)OC(C)C. The van der Waals surface area contributed by atoms with Crippen molar-refractivity contribution < 1.29 is 19.1 Å². The maximum absolute atomic E-state index is 12.6. The third-order valence-electron chi connectivity index (χ3n) is 3.30. The van der Waals surface area contributed by atoms with Gasteiger partial charge in [-0.3, -0.25) is 0 Å². The molecular weight excluding hydrogens is 306 g/mol. The fourth-order valence-corrected chi connectivity index (χ4v) is 2.30. The van der Waals surface area contributed by atoms with Crippen molar-refractivity contribution in [3.05, 3.63) is 30.3 Å². The van der Waals surface area contributed by atoms with Gasteiger partial charge in [-0.05, 0) is 46.2 Å². The second-order valence-electron chi connectivity index (χ2n) is 6.26. The van der Waals surface area contributed by atoms with Gasteiger partial charge in [-0.25, -0.2) is 9.59 Å². The van der Waals surface area contributed by atoms with Gasteiger partial charge in [-0.2, -0.15) is 0 Å². The van der Waals surface area contributed by atoms with Crippen LogP contribution in [0.4, 0.5) is 5.69 Å². The quantitative estimate of drug-likeness (QED) is 0.510. The van der Waals surface area contributed by atoms with E-state index in [2.05, 4.69) is 6.92 Å². The maximum Gasteiger partial charge on any atom is 0.340 e. The standard InChI is InChI=1S/C19H29NO4/c1-6-7-13-20(16-11-9-8-10-12-16)17(18(21)23-14(2)3)19(22)24-15(4)5/h8-12,14-15,17H,6-7,13H2,1-5H3. The van der Waals surface area contributed by atoms with Gasteiger partial charge in [0, 0.05) is 12.2 Å². The van der Waals surface area contributed by atoms with Gasteiger partial charge >= 0.3 is 11.9 Å². The molecule has 0 aromatic heterocycles. The number of esters is 2. The summed E-state index contributed by atoms with van der Waals surface area (Å²) < 4.78 is 10.6. The highest BCUT2D eigenvalue weighted by atomic mass is 16.6. The minimum Gasteiger partial charge on any atom is -0.461 e. The first-order valence-corrected chi connectivity index (χ1v) is 8.59. The smallest absolute Gasteiger partial charge is 0.340 e. The highest BCUT2D eigenvalue weighted by Gasteiger charge is 2.36. The van der Waals surface area contributed by atoms with E-state index < -0.39 is 18.0 Å². The van der Waals surface area contributed by atoms with Crippen LogP contribution in [0.1, 0.15) is 47.5 Å². The van der Waals surface area contributed by atoms with Crippen LogP contribution in [0.25, 0.3) is 0 Å². The normalized spacial score (nSPS) is 11.0.